The van der Waals surface area contributed by atoms with Gasteiger partial charge in [-0.3, -0.25) is 4.18 Å². The Morgan fingerprint density at radius 3 is 1.67 bits per heavy atom. The third-order valence-electron chi connectivity index (χ3n) is 1.92. The second-order valence-electron chi connectivity index (χ2n) is 3.16. The summed E-state index contributed by atoms with van der Waals surface area (Å²) in [6, 6.07) is 0. The van der Waals surface area contributed by atoms with Gasteiger partial charge in [-0.2, -0.15) is 8.42 Å². The summed E-state index contributed by atoms with van der Waals surface area (Å²) in [5.41, 5.74) is -1.44. The van der Waals surface area contributed by atoms with Gasteiger partial charge in [0, 0.05) is 5.56 Å². The number of halogens is 5. The van der Waals surface area contributed by atoms with Gasteiger partial charge in [-0.05, 0) is 6.92 Å². The molecule has 0 heterocycles. The van der Waals surface area contributed by atoms with Gasteiger partial charge in [0.05, 0.1) is 6.61 Å². The average molecular weight is 290 g/mol. The lowest BCUT2D eigenvalue weighted by molar-refractivity contribution is 0.334. The highest BCUT2D eigenvalue weighted by atomic mass is 32.2. The van der Waals surface area contributed by atoms with Gasteiger partial charge in [0.1, 0.15) is 5.75 Å². The summed E-state index contributed by atoms with van der Waals surface area (Å²) < 4.78 is 90.9. The molecule has 102 valence electrons. The minimum atomic E-state index is -4.41. The van der Waals surface area contributed by atoms with Crippen molar-refractivity contribution in [2.45, 2.75) is 12.7 Å². The summed E-state index contributed by atoms with van der Waals surface area (Å²) in [7, 11) is -4.41. The van der Waals surface area contributed by atoms with E-state index in [-0.39, 0.29) is 6.61 Å². The summed E-state index contributed by atoms with van der Waals surface area (Å²) in [5, 5.41) is 0. The summed E-state index contributed by atoms with van der Waals surface area (Å²) in [5.74, 6) is -12.6. The quantitative estimate of drug-likeness (QED) is 0.370. The van der Waals surface area contributed by atoms with Gasteiger partial charge in [0.15, 0.2) is 23.3 Å². The van der Waals surface area contributed by atoms with E-state index in [1.165, 1.54) is 6.92 Å². The van der Waals surface area contributed by atoms with Crippen LogP contribution >= 0.6 is 0 Å². The Labute approximate surface area is 99.3 Å². The largest absolute Gasteiger partial charge is 0.271 e. The molecular weight excluding hydrogens is 283 g/mol. The van der Waals surface area contributed by atoms with Crippen LogP contribution < -0.4 is 0 Å². The normalized spacial score (nSPS) is 11.9. The lowest BCUT2D eigenvalue weighted by Gasteiger charge is -2.08. The maximum absolute atomic E-state index is 13.1. The number of rotatable bonds is 4. The molecule has 0 bridgehead atoms. The number of hydrogen-bond acceptors (Lipinski definition) is 3. The minimum absolute atomic E-state index is 0.322. The Hall–Kier alpha value is -1.22. The lowest BCUT2D eigenvalue weighted by Crippen LogP contribution is -2.14. The summed E-state index contributed by atoms with van der Waals surface area (Å²) in [6.45, 7) is 0.966. The van der Waals surface area contributed by atoms with Crippen molar-refractivity contribution in [2.75, 3.05) is 6.61 Å². The van der Waals surface area contributed by atoms with E-state index in [4.69, 9.17) is 0 Å². The molecule has 0 aliphatic heterocycles. The van der Waals surface area contributed by atoms with E-state index in [1.807, 2.05) is 0 Å². The first-order chi connectivity index (χ1) is 8.21. The zero-order valence-corrected chi connectivity index (χ0v) is 9.75. The highest BCUT2D eigenvalue weighted by molar-refractivity contribution is 7.85. The summed E-state index contributed by atoms with van der Waals surface area (Å²) in [6.07, 6.45) is 0. The fraction of sp³-hybridized carbons (Fsp3) is 0.333. The molecule has 0 N–H and O–H groups in total. The van der Waals surface area contributed by atoms with E-state index in [0.717, 1.165) is 0 Å². The van der Waals surface area contributed by atoms with Gasteiger partial charge in [-0.15, -0.1) is 0 Å². The van der Waals surface area contributed by atoms with E-state index in [2.05, 4.69) is 4.18 Å². The van der Waals surface area contributed by atoms with Crippen LogP contribution in [0, 0.1) is 29.1 Å². The Morgan fingerprint density at radius 1 is 0.889 bits per heavy atom. The van der Waals surface area contributed by atoms with Crippen molar-refractivity contribution >= 4 is 10.1 Å². The van der Waals surface area contributed by atoms with Crippen molar-refractivity contribution in [1.29, 1.82) is 0 Å². The minimum Gasteiger partial charge on any atom is -0.270 e. The molecule has 0 aromatic heterocycles. The van der Waals surface area contributed by atoms with Crippen LogP contribution in [0.2, 0.25) is 0 Å². The molecule has 1 rings (SSSR count). The molecule has 0 amide bonds. The molecule has 0 fully saturated rings. The van der Waals surface area contributed by atoms with E-state index >= 15 is 0 Å². The fourth-order valence-corrected chi connectivity index (χ4v) is 2.22. The molecule has 0 saturated carbocycles. The smallest absolute Gasteiger partial charge is 0.270 e. The molecule has 3 nitrogen and oxygen atoms in total. The fourth-order valence-electron chi connectivity index (χ4n) is 1.18. The van der Waals surface area contributed by atoms with Crippen molar-refractivity contribution in [3.8, 4) is 0 Å². The monoisotopic (exact) mass is 290 g/mol. The molecule has 1 aromatic rings. The molecule has 0 unspecified atom stereocenters. The maximum Gasteiger partial charge on any atom is 0.271 e. The zero-order chi connectivity index (χ0) is 14.1. The predicted molar refractivity (Wildman–Crippen MR) is 50.5 cm³/mol. The SMILES string of the molecule is CCOS(=O)(=O)Cc1c(F)c(F)c(F)c(F)c1F. The standard InChI is InChI=1S/C9H7F5O3S/c1-2-17-18(15,16)3-4-5(10)7(12)9(14)8(13)6(4)11/h2-3H2,1H3. The highest BCUT2D eigenvalue weighted by Gasteiger charge is 2.28. The molecule has 9 heteroatoms. The van der Waals surface area contributed by atoms with Crippen LogP contribution in [0.5, 0.6) is 0 Å². The second-order valence-corrected chi connectivity index (χ2v) is 4.80. The van der Waals surface area contributed by atoms with Crippen LogP contribution in [-0.2, 0) is 20.1 Å². The Kier molecular flexibility index (Phi) is 4.28. The summed E-state index contributed by atoms with van der Waals surface area (Å²) in [4.78, 5) is 0. The Balaban J connectivity index is 3.35. The van der Waals surface area contributed by atoms with Crippen LogP contribution in [0.4, 0.5) is 22.0 Å². The highest BCUT2D eigenvalue weighted by Crippen LogP contribution is 2.24. The molecular formula is C9H7F5O3S. The summed E-state index contributed by atoms with van der Waals surface area (Å²) >= 11 is 0. The predicted octanol–water partition coefficient (Wildman–Crippen LogP) is 2.25. The molecule has 18 heavy (non-hydrogen) atoms. The number of hydrogen-bond donors (Lipinski definition) is 0. The van der Waals surface area contributed by atoms with Gasteiger partial charge in [-0.1, -0.05) is 0 Å². The zero-order valence-electron chi connectivity index (χ0n) is 8.94. The van der Waals surface area contributed by atoms with E-state index in [1.54, 1.807) is 0 Å². The second kappa shape index (κ2) is 5.19. The first-order valence-corrected chi connectivity index (χ1v) is 6.16. The molecule has 1 aromatic carbocycles. The van der Waals surface area contributed by atoms with Crippen molar-refractivity contribution in [3.05, 3.63) is 34.6 Å². The van der Waals surface area contributed by atoms with Crippen molar-refractivity contribution in [3.63, 3.8) is 0 Å². The van der Waals surface area contributed by atoms with Crippen molar-refractivity contribution in [2.24, 2.45) is 0 Å². The van der Waals surface area contributed by atoms with Gasteiger partial charge >= 0.3 is 0 Å². The lowest BCUT2D eigenvalue weighted by atomic mass is 10.2. The van der Waals surface area contributed by atoms with E-state index in [9.17, 15) is 30.4 Å². The first-order valence-electron chi connectivity index (χ1n) is 4.58. The third-order valence-corrected chi connectivity index (χ3v) is 3.16. The molecule has 0 radical (unpaired) electrons. The Bertz CT molecular complexity index is 541. The molecule has 0 spiro atoms. The van der Waals surface area contributed by atoms with E-state index < -0.39 is 50.5 Å². The van der Waals surface area contributed by atoms with Crippen LogP contribution in [0.15, 0.2) is 0 Å². The van der Waals surface area contributed by atoms with Crippen LogP contribution in [0.3, 0.4) is 0 Å². The van der Waals surface area contributed by atoms with Gasteiger partial charge < -0.3 is 0 Å². The van der Waals surface area contributed by atoms with Crippen molar-refractivity contribution in [1.82, 2.24) is 0 Å². The van der Waals surface area contributed by atoms with Crippen molar-refractivity contribution < 1.29 is 34.6 Å². The molecule has 0 saturated heterocycles. The average Bonchev–Trinajstić information content (AvgIpc) is 2.30. The molecule has 0 atom stereocenters. The maximum atomic E-state index is 13.1. The van der Waals surface area contributed by atoms with Crippen LogP contribution in [0.1, 0.15) is 12.5 Å². The Morgan fingerprint density at radius 2 is 1.28 bits per heavy atom. The third kappa shape index (κ3) is 2.78. The molecule has 0 aliphatic carbocycles. The van der Waals surface area contributed by atoms with Crippen LogP contribution in [0.25, 0.3) is 0 Å². The molecule has 0 aliphatic rings. The first kappa shape index (κ1) is 14.8. The van der Waals surface area contributed by atoms with Crippen LogP contribution in [-0.4, -0.2) is 15.0 Å². The van der Waals surface area contributed by atoms with Gasteiger partial charge in [0.2, 0.25) is 5.82 Å². The van der Waals surface area contributed by atoms with Gasteiger partial charge in [-0.25, -0.2) is 22.0 Å². The van der Waals surface area contributed by atoms with Gasteiger partial charge in [0.25, 0.3) is 10.1 Å². The van der Waals surface area contributed by atoms with E-state index in [0.29, 0.717) is 0 Å². The topological polar surface area (TPSA) is 43.4 Å². The number of benzene rings is 1.